The lowest BCUT2D eigenvalue weighted by atomic mass is 9.85. The molecular formula is C15H12BrF3O2. The average Bonchev–Trinajstić information content (AvgIpc) is 2.45. The number of alkyl halides is 3. The monoisotopic (exact) mass is 360 g/mol. The van der Waals surface area contributed by atoms with Crippen LogP contribution in [-0.4, -0.2) is 18.4 Å². The van der Waals surface area contributed by atoms with E-state index in [-0.39, 0.29) is 11.1 Å². The van der Waals surface area contributed by atoms with E-state index in [1.54, 1.807) is 6.07 Å². The van der Waals surface area contributed by atoms with Crippen molar-refractivity contribution < 1.29 is 23.0 Å². The van der Waals surface area contributed by atoms with Crippen LogP contribution in [-0.2, 0) is 5.60 Å². The maximum absolute atomic E-state index is 13.5. The molecule has 2 aromatic rings. The fourth-order valence-corrected chi connectivity index (χ4v) is 2.44. The van der Waals surface area contributed by atoms with Crippen molar-refractivity contribution >= 4 is 15.9 Å². The van der Waals surface area contributed by atoms with Gasteiger partial charge in [-0.25, -0.2) is 0 Å². The Balaban J connectivity index is 2.61. The van der Waals surface area contributed by atoms with Gasteiger partial charge in [-0.15, -0.1) is 0 Å². The second kappa shape index (κ2) is 5.69. The number of ether oxygens (including phenoxy) is 1. The lowest BCUT2D eigenvalue weighted by molar-refractivity contribution is -0.248. The first kappa shape index (κ1) is 15.9. The average molecular weight is 361 g/mol. The Hall–Kier alpha value is -1.53. The zero-order valence-corrected chi connectivity index (χ0v) is 12.6. The van der Waals surface area contributed by atoms with E-state index in [2.05, 4.69) is 15.9 Å². The lowest BCUT2D eigenvalue weighted by Crippen LogP contribution is -2.43. The Morgan fingerprint density at radius 2 is 1.62 bits per heavy atom. The van der Waals surface area contributed by atoms with Crippen molar-refractivity contribution in [3.8, 4) is 5.75 Å². The second-order valence-corrected chi connectivity index (χ2v) is 5.36. The molecular weight excluding hydrogens is 349 g/mol. The molecule has 1 unspecified atom stereocenters. The summed E-state index contributed by atoms with van der Waals surface area (Å²) < 4.78 is 45.9. The maximum Gasteiger partial charge on any atom is 0.425 e. The summed E-state index contributed by atoms with van der Waals surface area (Å²) in [6.07, 6.45) is -4.86. The molecule has 0 bridgehead atoms. The molecule has 0 fully saturated rings. The third kappa shape index (κ3) is 2.91. The van der Waals surface area contributed by atoms with Crippen LogP contribution < -0.4 is 4.74 Å². The molecule has 112 valence electrons. The summed E-state index contributed by atoms with van der Waals surface area (Å²) in [4.78, 5) is 0. The summed E-state index contributed by atoms with van der Waals surface area (Å²) in [6.45, 7) is 0. The molecule has 0 aliphatic rings. The summed E-state index contributed by atoms with van der Waals surface area (Å²) >= 11 is 3.12. The van der Waals surface area contributed by atoms with E-state index in [1.807, 2.05) is 0 Å². The Morgan fingerprint density at radius 1 is 1.00 bits per heavy atom. The van der Waals surface area contributed by atoms with E-state index in [0.717, 1.165) is 0 Å². The van der Waals surface area contributed by atoms with Gasteiger partial charge in [-0.2, -0.15) is 13.2 Å². The number of hydrogen-bond acceptors (Lipinski definition) is 2. The highest BCUT2D eigenvalue weighted by molar-refractivity contribution is 9.10. The number of halogens is 4. The first-order valence-corrected chi connectivity index (χ1v) is 6.78. The van der Waals surface area contributed by atoms with Crippen molar-refractivity contribution in [3.63, 3.8) is 0 Å². The molecule has 21 heavy (non-hydrogen) atoms. The van der Waals surface area contributed by atoms with Gasteiger partial charge < -0.3 is 9.84 Å². The number of benzene rings is 2. The van der Waals surface area contributed by atoms with Crippen LogP contribution >= 0.6 is 15.9 Å². The molecule has 1 atom stereocenters. The maximum atomic E-state index is 13.5. The summed E-state index contributed by atoms with van der Waals surface area (Å²) in [5, 5.41) is 10.4. The number of hydrogen-bond donors (Lipinski definition) is 1. The number of rotatable bonds is 3. The van der Waals surface area contributed by atoms with Gasteiger partial charge in [0.15, 0.2) is 0 Å². The van der Waals surface area contributed by atoms with Crippen LogP contribution in [0.1, 0.15) is 11.1 Å². The molecule has 0 heterocycles. The van der Waals surface area contributed by atoms with Crippen molar-refractivity contribution in [1.82, 2.24) is 0 Å². The third-order valence-corrected chi connectivity index (χ3v) is 3.65. The summed E-state index contributed by atoms with van der Waals surface area (Å²) in [5.41, 5.74) is -3.60. The molecule has 0 spiro atoms. The quantitative estimate of drug-likeness (QED) is 0.886. The molecule has 0 saturated heterocycles. The van der Waals surface area contributed by atoms with Gasteiger partial charge in [0.1, 0.15) is 5.75 Å². The van der Waals surface area contributed by atoms with Crippen molar-refractivity contribution in [2.75, 3.05) is 7.11 Å². The zero-order chi connectivity index (χ0) is 15.7. The fraction of sp³-hybridized carbons (Fsp3) is 0.200. The fourth-order valence-electron chi connectivity index (χ4n) is 2.04. The molecule has 2 nitrogen and oxygen atoms in total. The number of methoxy groups -OCH3 is 1. The van der Waals surface area contributed by atoms with E-state index in [4.69, 9.17) is 4.74 Å². The standard InChI is InChI=1S/C15H12BrF3O2/c1-21-13-7-5-10(6-8-13)14(20,15(17,18)19)11-3-2-4-12(16)9-11/h2-9,20H,1H3. The van der Waals surface area contributed by atoms with Gasteiger partial charge in [0.05, 0.1) is 7.11 Å². The van der Waals surface area contributed by atoms with Gasteiger partial charge in [-0.3, -0.25) is 0 Å². The first-order valence-electron chi connectivity index (χ1n) is 5.98. The van der Waals surface area contributed by atoms with Crippen molar-refractivity contribution in [2.45, 2.75) is 11.8 Å². The highest BCUT2D eigenvalue weighted by atomic mass is 79.9. The summed E-state index contributed by atoms with van der Waals surface area (Å²) in [5.74, 6) is 0.414. The first-order chi connectivity index (χ1) is 9.79. The van der Waals surface area contributed by atoms with Crippen LogP contribution in [0.15, 0.2) is 53.0 Å². The Labute approximate surface area is 128 Å². The van der Waals surface area contributed by atoms with Crippen molar-refractivity contribution in [2.24, 2.45) is 0 Å². The van der Waals surface area contributed by atoms with Crippen LogP contribution in [0.3, 0.4) is 0 Å². The molecule has 0 aromatic heterocycles. The Morgan fingerprint density at radius 3 is 2.10 bits per heavy atom. The molecule has 0 saturated carbocycles. The molecule has 2 aromatic carbocycles. The molecule has 0 radical (unpaired) electrons. The van der Waals surface area contributed by atoms with Crippen LogP contribution in [0, 0.1) is 0 Å². The van der Waals surface area contributed by atoms with Gasteiger partial charge in [-0.1, -0.05) is 40.2 Å². The normalized spacial score (nSPS) is 14.6. The van der Waals surface area contributed by atoms with E-state index in [0.29, 0.717) is 10.2 Å². The van der Waals surface area contributed by atoms with E-state index < -0.39 is 11.8 Å². The van der Waals surface area contributed by atoms with Gasteiger partial charge in [0, 0.05) is 4.47 Å². The van der Waals surface area contributed by atoms with E-state index >= 15 is 0 Å². The van der Waals surface area contributed by atoms with Crippen molar-refractivity contribution in [3.05, 3.63) is 64.1 Å². The molecule has 2 rings (SSSR count). The largest absolute Gasteiger partial charge is 0.497 e. The second-order valence-electron chi connectivity index (χ2n) is 4.45. The summed E-state index contributed by atoms with van der Waals surface area (Å²) in [6, 6.07) is 10.7. The van der Waals surface area contributed by atoms with E-state index in [1.165, 1.54) is 49.6 Å². The van der Waals surface area contributed by atoms with Gasteiger partial charge >= 0.3 is 6.18 Å². The van der Waals surface area contributed by atoms with E-state index in [9.17, 15) is 18.3 Å². The Bertz CT molecular complexity index is 626. The molecule has 0 aliphatic heterocycles. The molecule has 0 amide bonds. The highest BCUT2D eigenvalue weighted by Gasteiger charge is 2.56. The summed E-state index contributed by atoms with van der Waals surface area (Å²) in [7, 11) is 1.42. The minimum Gasteiger partial charge on any atom is -0.497 e. The van der Waals surface area contributed by atoms with Crippen LogP contribution in [0.25, 0.3) is 0 Å². The predicted octanol–water partition coefficient (Wildman–Crippen LogP) is 4.26. The van der Waals surface area contributed by atoms with Gasteiger partial charge in [0.2, 0.25) is 5.60 Å². The minimum atomic E-state index is -4.86. The van der Waals surface area contributed by atoms with Crippen LogP contribution in [0.4, 0.5) is 13.2 Å². The molecule has 0 aliphatic carbocycles. The van der Waals surface area contributed by atoms with Crippen LogP contribution in [0.2, 0.25) is 0 Å². The predicted molar refractivity (Wildman–Crippen MR) is 76.2 cm³/mol. The van der Waals surface area contributed by atoms with Gasteiger partial charge in [-0.05, 0) is 35.4 Å². The molecule has 1 N–H and O–H groups in total. The van der Waals surface area contributed by atoms with Crippen LogP contribution in [0.5, 0.6) is 5.75 Å². The van der Waals surface area contributed by atoms with Crippen molar-refractivity contribution in [1.29, 1.82) is 0 Å². The van der Waals surface area contributed by atoms with Gasteiger partial charge in [0.25, 0.3) is 0 Å². The zero-order valence-electron chi connectivity index (χ0n) is 11.0. The lowest BCUT2D eigenvalue weighted by Gasteiger charge is -2.31. The Kier molecular flexibility index (Phi) is 4.30. The molecule has 6 heteroatoms. The SMILES string of the molecule is COc1ccc(C(O)(c2cccc(Br)c2)C(F)(F)F)cc1. The topological polar surface area (TPSA) is 29.5 Å². The third-order valence-electron chi connectivity index (χ3n) is 3.16. The minimum absolute atomic E-state index is 0.255. The smallest absolute Gasteiger partial charge is 0.425 e. The highest BCUT2D eigenvalue weighted by Crippen LogP contribution is 2.44. The number of aliphatic hydroxyl groups is 1.